The number of nitrogens with one attached hydrogen (secondary N) is 1. The van der Waals surface area contributed by atoms with Crippen LogP contribution >= 0.6 is 0 Å². The van der Waals surface area contributed by atoms with E-state index in [1.807, 2.05) is 4.90 Å². The summed E-state index contributed by atoms with van der Waals surface area (Å²) < 4.78 is 24.7. The van der Waals surface area contributed by atoms with Crippen molar-refractivity contribution >= 4 is 15.9 Å². The number of nitrogens with two attached hydrogens (primary N) is 1. The van der Waals surface area contributed by atoms with Crippen molar-refractivity contribution in [3.05, 3.63) is 0 Å². The zero-order valence-electron chi connectivity index (χ0n) is 13.3. The first-order valence-electron chi connectivity index (χ1n) is 7.71. The molecular formula is C14H29N3O3S. The zero-order valence-corrected chi connectivity index (χ0v) is 14.2. The minimum absolute atomic E-state index is 0.00718. The van der Waals surface area contributed by atoms with Gasteiger partial charge in [-0.3, -0.25) is 4.79 Å². The van der Waals surface area contributed by atoms with Gasteiger partial charge in [-0.15, -0.1) is 0 Å². The average Bonchev–Trinajstić information content (AvgIpc) is 2.36. The number of piperidine rings is 1. The Labute approximate surface area is 128 Å². The van der Waals surface area contributed by atoms with Crippen LogP contribution in [0.5, 0.6) is 0 Å². The first-order chi connectivity index (χ1) is 9.70. The van der Waals surface area contributed by atoms with Crippen molar-refractivity contribution in [2.45, 2.75) is 58.0 Å². The van der Waals surface area contributed by atoms with Gasteiger partial charge < -0.3 is 10.6 Å². The van der Waals surface area contributed by atoms with E-state index in [2.05, 4.69) is 18.6 Å². The highest BCUT2D eigenvalue weighted by atomic mass is 32.2. The molecule has 1 saturated heterocycles. The van der Waals surface area contributed by atoms with E-state index >= 15 is 0 Å². The van der Waals surface area contributed by atoms with E-state index in [0.717, 1.165) is 32.1 Å². The van der Waals surface area contributed by atoms with Gasteiger partial charge in [-0.1, -0.05) is 13.8 Å². The van der Waals surface area contributed by atoms with Gasteiger partial charge >= 0.3 is 0 Å². The SMILES string of the molecule is CC(C)C[C@@H](N)C(=O)N1CCCCC1CCNS(C)(=O)=O. The standard InChI is InChI=1S/C14H29N3O3S/c1-11(2)10-13(15)14(18)17-9-5-4-6-12(17)7-8-16-21(3,19)20/h11-13,16H,4-10,15H2,1-3H3/t12?,13-/m1/s1. The molecule has 1 unspecified atom stereocenters. The van der Waals surface area contributed by atoms with Crippen molar-refractivity contribution in [3.8, 4) is 0 Å². The Bertz CT molecular complexity index is 437. The van der Waals surface area contributed by atoms with E-state index in [1.54, 1.807) is 0 Å². The van der Waals surface area contributed by atoms with Crippen LogP contribution in [0.15, 0.2) is 0 Å². The van der Waals surface area contributed by atoms with E-state index in [9.17, 15) is 13.2 Å². The number of hydrogen-bond acceptors (Lipinski definition) is 4. The molecule has 0 aromatic carbocycles. The normalized spacial score (nSPS) is 21.6. The zero-order chi connectivity index (χ0) is 16.0. The topological polar surface area (TPSA) is 92.5 Å². The predicted octanol–water partition coefficient (Wildman–Crippen LogP) is 0.680. The lowest BCUT2D eigenvalue weighted by atomic mass is 9.96. The van der Waals surface area contributed by atoms with Crippen molar-refractivity contribution in [2.75, 3.05) is 19.3 Å². The van der Waals surface area contributed by atoms with Crippen LogP contribution in [0, 0.1) is 5.92 Å². The number of carbonyl (C=O) groups excluding carboxylic acids is 1. The third-order valence-corrected chi connectivity index (χ3v) is 4.52. The van der Waals surface area contributed by atoms with Gasteiger partial charge in [0.25, 0.3) is 0 Å². The van der Waals surface area contributed by atoms with E-state index < -0.39 is 16.1 Å². The van der Waals surface area contributed by atoms with Gasteiger partial charge in [-0.05, 0) is 38.0 Å². The maximum absolute atomic E-state index is 12.5. The lowest BCUT2D eigenvalue weighted by Crippen LogP contribution is -2.51. The second-order valence-electron chi connectivity index (χ2n) is 6.37. The van der Waals surface area contributed by atoms with Crippen LogP contribution in [0.25, 0.3) is 0 Å². The Morgan fingerprint density at radius 1 is 1.38 bits per heavy atom. The minimum Gasteiger partial charge on any atom is -0.338 e. The average molecular weight is 319 g/mol. The first-order valence-corrected chi connectivity index (χ1v) is 9.60. The fraction of sp³-hybridized carbons (Fsp3) is 0.929. The molecule has 0 saturated carbocycles. The summed E-state index contributed by atoms with van der Waals surface area (Å²) in [4.78, 5) is 14.3. The van der Waals surface area contributed by atoms with E-state index in [0.29, 0.717) is 25.3 Å². The number of sulfonamides is 1. The molecule has 1 heterocycles. The van der Waals surface area contributed by atoms with Crippen LogP contribution < -0.4 is 10.5 Å². The molecule has 124 valence electrons. The Morgan fingerprint density at radius 3 is 2.62 bits per heavy atom. The molecule has 7 heteroatoms. The third kappa shape index (κ3) is 6.76. The largest absolute Gasteiger partial charge is 0.338 e. The molecule has 0 bridgehead atoms. The van der Waals surface area contributed by atoms with Crippen molar-refractivity contribution < 1.29 is 13.2 Å². The molecular weight excluding hydrogens is 290 g/mol. The lowest BCUT2D eigenvalue weighted by Gasteiger charge is -2.37. The second kappa shape index (κ2) is 8.10. The molecule has 0 aromatic heterocycles. The minimum atomic E-state index is -3.17. The summed E-state index contributed by atoms with van der Waals surface area (Å²) in [6.45, 7) is 5.20. The summed E-state index contributed by atoms with van der Waals surface area (Å²) in [5.74, 6) is 0.395. The third-order valence-electron chi connectivity index (χ3n) is 3.79. The van der Waals surface area contributed by atoms with Gasteiger partial charge in [-0.25, -0.2) is 13.1 Å². The van der Waals surface area contributed by atoms with E-state index in [-0.39, 0.29) is 11.9 Å². The van der Waals surface area contributed by atoms with E-state index in [4.69, 9.17) is 5.73 Å². The van der Waals surface area contributed by atoms with Gasteiger partial charge in [0, 0.05) is 19.1 Å². The molecule has 1 rings (SSSR count). The van der Waals surface area contributed by atoms with Crippen LogP contribution in [0.2, 0.25) is 0 Å². The maximum atomic E-state index is 12.5. The van der Waals surface area contributed by atoms with Crippen LogP contribution in [0.4, 0.5) is 0 Å². The van der Waals surface area contributed by atoms with Gasteiger partial charge in [-0.2, -0.15) is 0 Å². The number of likely N-dealkylation sites (tertiary alicyclic amines) is 1. The molecule has 2 atom stereocenters. The monoisotopic (exact) mass is 319 g/mol. The highest BCUT2D eigenvalue weighted by Crippen LogP contribution is 2.21. The molecule has 1 amide bonds. The molecule has 3 N–H and O–H groups in total. The molecule has 0 aliphatic carbocycles. The summed E-state index contributed by atoms with van der Waals surface area (Å²) in [6.07, 6.45) is 5.47. The van der Waals surface area contributed by atoms with Crippen LogP contribution in [-0.2, 0) is 14.8 Å². The molecule has 1 aliphatic heterocycles. The van der Waals surface area contributed by atoms with Crippen LogP contribution in [0.3, 0.4) is 0 Å². The maximum Gasteiger partial charge on any atom is 0.239 e. The van der Waals surface area contributed by atoms with Gasteiger partial charge in [0.15, 0.2) is 0 Å². The van der Waals surface area contributed by atoms with Gasteiger partial charge in [0.05, 0.1) is 12.3 Å². The van der Waals surface area contributed by atoms with Crippen molar-refractivity contribution in [2.24, 2.45) is 11.7 Å². The van der Waals surface area contributed by atoms with Gasteiger partial charge in [0.1, 0.15) is 0 Å². The lowest BCUT2D eigenvalue weighted by molar-refractivity contribution is -0.136. The van der Waals surface area contributed by atoms with Crippen LogP contribution in [0.1, 0.15) is 46.0 Å². The highest BCUT2D eigenvalue weighted by molar-refractivity contribution is 7.88. The van der Waals surface area contributed by atoms with Crippen molar-refractivity contribution in [1.29, 1.82) is 0 Å². The molecule has 1 fully saturated rings. The second-order valence-corrected chi connectivity index (χ2v) is 8.21. The molecule has 1 aliphatic rings. The summed E-state index contributed by atoms with van der Waals surface area (Å²) in [7, 11) is -3.17. The van der Waals surface area contributed by atoms with E-state index in [1.165, 1.54) is 0 Å². The Kier molecular flexibility index (Phi) is 7.09. The highest BCUT2D eigenvalue weighted by Gasteiger charge is 2.29. The molecule has 0 spiro atoms. The summed E-state index contributed by atoms with van der Waals surface area (Å²) in [5.41, 5.74) is 6.01. The molecule has 21 heavy (non-hydrogen) atoms. The van der Waals surface area contributed by atoms with Crippen molar-refractivity contribution in [3.63, 3.8) is 0 Å². The smallest absolute Gasteiger partial charge is 0.239 e. The Hall–Kier alpha value is -0.660. The Balaban J connectivity index is 2.58. The molecule has 0 aromatic rings. The number of hydrogen-bond donors (Lipinski definition) is 2. The number of rotatable bonds is 7. The summed E-state index contributed by atoms with van der Waals surface area (Å²) in [5, 5.41) is 0. The molecule has 0 radical (unpaired) electrons. The number of carbonyl (C=O) groups is 1. The quantitative estimate of drug-likeness (QED) is 0.722. The van der Waals surface area contributed by atoms with Gasteiger partial charge in [0.2, 0.25) is 15.9 Å². The first kappa shape index (κ1) is 18.4. The fourth-order valence-corrected chi connectivity index (χ4v) is 3.31. The number of amides is 1. The predicted molar refractivity (Wildman–Crippen MR) is 84.2 cm³/mol. The molecule has 6 nitrogen and oxygen atoms in total. The number of nitrogens with zero attached hydrogens (tertiary/aromatic N) is 1. The summed E-state index contributed by atoms with van der Waals surface area (Å²) >= 11 is 0. The summed E-state index contributed by atoms with van der Waals surface area (Å²) in [6, 6.07) is -0.354. The fourth-order valence-electron chi connectivity index (χ4n) is 2.82. The van der Waals surface area contributed by atoms with Crippen LogP contribution in [-0.4, -0.2) is 50.7 Å². The Morgan fingerprint density at radius 2 is 2.05 bits per heavy atom. The van der Waals surface area contributed by atoms with Crippen molar-refractivity contribution in [1.82, 2.24) is 9.62 Å².